The van der Waals surface area contributed by atoms with E-state index in [4.69, 9.17) is 4.74 Å². The Kier molecular flexibility index (Phi) is 2.28. The molecule has 0 aromatic carbocycles. The molecule has 0 atom stereocenters. The molecule has 6 heteroatoms. The Morgan fingerprint density at radius 2 is 2.36 bits per heavy atom. The molecule has 0 bridgehead atoms. The molecule has 2 rings (SSSR count). The number of nitrogens with zero attached hydrogens (tertiary/aromatic N) is 2. The van der Waals surface area contributed by atoms with Crippen LogP contribution in [0.1, 0.15) is 0 Å². The highest BCUT2D eigenvalue weighted by atomic mass is 16.6. The predicted octanol–water partition coefficient (Wildman–Crippen LogP) is 0.340. The molecular formula is C8H9N3O3. The van der Waals surface area contributed by atoms with Crippen LogP contribution < -0.4 is 10.1 Å². The number of hydrogen-bond acceptors (Lipinski definition) is 5. The lowest BCUT2D eigenvalue weighted by Crippen LogP contribution is -2.50. The minimum absolute atomic E-state index is 0.0240. The molecule has 6 nitrogen and oxygen atoms in total. The van der Waals surface area contributed by atoms with Gasteiger partial charge in [-0.05, 0) is 0 Å². The van der Waals surface area contributed by atoms with E-state index in [0.717, 1.165) is 13.1 Å². The number of hydrogen-bond donors (Lipinski definition) is 1. The third-order valence-electron chi connectivity index (χ3n) is 1.96. The topological polar surface area (TPSA) is 77.3 Å². The number of nitrogens with one attached hydrogen (secondary N) is 1. The van der Waals surface area contributed by atoms with Crippen LogP contribution in [0, 0.1) is 10.1 Å². The molecule has 2 heterocycles. The Bertz CT molecular complexity index is 334. The van der Waals surface area contributed by atoms with Gasteiger partial charge in [0, 0.05) is 25.2 Å². The van der Waals surface area contributed by atoms with Crippen molar-refractivity contribution in [3.8, 4) is 5.88 Å². The van der Waals surface area contributed by atoms with Crippen molar-refractivity contribution in [2.45, 2.75) is 6.10 Å². The van der Waals surface area contributed by atoms with Crippen LogP contribution in [0.15, 0.2) is 18.3 Å². The van der Waals surface area contributed by atoms with Gasteiger partial charge in [-0.1, -0.05) is 0 Å². The first-order chi connectivity index (χ1) is 6.75. The van der Waals surface area contributed by atoms with E-state index in [1.807, 2.05) is 0 Å². The molecule has 1 fully saturated rings. The first kappa shape index (κ1) is 8.89. The Labute approximate surface area is 80.1 Å². The molecule has 0 amide bonds. The van der Waals surface area contributed by atoms with Crippen LogP contribution >= 0.6 is 0 Å². The van der Waals surface area contributed by atoms with E-state index < -0.39 is 4.92 Å². The molecule has 1 aromatic heterocycles. The van der Waals surface area contributed by atoms with Gasteiger partial charge in [0.15, 0.2) is 0 Å². The van der Waals surface area contributed by atoms with Gasteiger partial charge in [0.1, 0.15) is 12.3 Å². The second-order valence-electron chi connectivity index (χ2n) is 3.01. The van der Waals surface area contributed by atoms with Crippen LogP contribution in [0.25, 0.3) is 0 Å². The van der Waals surface area contributed by atoms with Crippen molar-refractivity contribution in [1.82, 2.24) is 10.3 Å². The zero-order valence-corrected chi connectivity index (χ0v) is 7.34. The third-order valence-corrected chi connectivity index (χ3v) is 1.96. The van der Waals surface area contributed by atoms with Crippen molar-refractivity contribution in [3.63, 3.8) is 0 Å². The van der Waals surface area contributed by atoms with Crippen LogP contribution in [-0.2, 0) is 0 Å². The Balaban J connectivity index is 2.01. The molecule has 74 valence electrons. The van der Waals surface area contributed by atoms with E-state index in [1.165, 1.54) is 18.3 Å². The third kappa shape index (κ3) is 1.80. The van der Waals surface area contributed by atoms with Crippen LogP contribution in [0.2, 0.25) is 0 Å². The predicted molar refractivity (Wildman–Crippen MR) is 48.2 cm³/mol. The number of pyridine rings is 1. The molecule has 0 radical (unpaired) electrons. The van der Waals surface area contributed by atoms with E-state index in [-0.39, 0.29) is 11.8 Å². The average Bonchev–Trinajstić information content (AvgIpc) is 2.12. The fraction of sp³-hybridized carbons (Fsp3) is 0.375. The molecule has 1 aromatic rings. The normalized spacial score (nSPS) is 16.0. The quantitative estimate of drug-likeness (QED) is 0.555. The number of rotatable bonds is 3. The van der Waals surface area contributed by atoms with Crippen molar-refractivity contribution in [2.24, 2.45) is 0 Å². The highest BCUT2D eigenvalue weighted by molar-refractivity contribution is 5.29. The average molecular weight is 195 g/mol. The fourth-order valence-corrected chi connectivity index (χ4v) is 1.07. The molecule has 0 unspecified atom stereocenters. The van der Waals surface area contributed by atoms with Gasteiger partial charge in [0.25, 0.3) is 5.69 Å². The summed E-state index contributed by atoms with van der Waals surface area (Å²) < 4.78 is 5.39. The smallest absolute Gasteiger partial charge is 0.287 e. The maximum Gasteiger partial charge on any atom is 0.287 e. The minimum Gasteiger partial charge on any atom is -0.472 e. The van der Waals surface area contributed by atoms with E-state index in [0.29, 0.717) is 5.88 Å². The molecule has 0 aliphatic carbocycles. The maximum atomic E-state index is 10.3. The zero-order chi connectivity index (χ0) is 9.97. The van der Waals surface area contributed by atoms with E-state index in [9.17, 15) is 10.1 Å². The second-order valence-corrected chi connectivity index (χ2v) is 3.01. The first-order valence-corrected chi connectivity index (χ1v) is 4.23. The number of ether oxygens (including phenoxy) is 1. The molecule has 1 aliphatic rings. The van der Waals surface area contributed by atoms with E-state index in [2.05, 4.69) is 10.3 Å². The van der Waals surface area contributed by atoms with Crippen molar-refractivity contribution in [1.29, 1.82) is 0 Å². The van der Waals surface area contributed by atoms with Gasteiger partial charge in [0.2, 0.25) is 5.88 Å². The van der Waals surface area contributed by atoms with Crippen molar-refractivity contribution in [3.05, 3.63) is 28.4 Å². The molecule has 1 N–H and O–H groups in total. The molecule has 1 aliphatic heterocycles. The summed E-state index contributed by atoms with van der Waals surface area (Å²) in [5, 5.41) is 13.4. The zero-order valence-electron chi connectivity index (χ0n) is 7.34. The van der Waals surface area contributed by atoms with Crippen molar-refractivity contribution >= 4 is 5.69 Å². The summed E-state index contributed by atoms with van der Waals surface area (Å²) in [6.07, 6.45) is 1.34. The highest BCUT2D eigenvalue weighted by Gasteiger charge is 2.19. The van der Waals surface area contributed by atoms with Gasteiger partial charge in [-0.15, -0.1) is 0 Å². The maximum absolute atomic E-state index is 10.3. The van der Waals surface area contributed by atoms with Gasteiger partial charge in [-0.2, -0.15) is 0 Å². The second kappa shape index (κ2) is 3.59. The molecule has 0 saturated carbocycles. The summed E-state index contributed by atoms with van der Waals surface area (Å²) in [4.78, 5) is 13.7. The Morgan fingerprint density at radius 1 is 1.57 bits per heavy atom. The van der Waals surface area contributed by atoms with Gasteiger partial charge in [-0.3, -0.25) is 10.1 Å². The Hall–Kier alpha value is -1.69. The summed E-state index contributed by atoms with van der Waals surface area (Å²) in [6, 6.07) is 2.89. The van der Waals surface area contributed by atoms with E-state index >= 15 is 0 Å². The molecule has 1 saturated heterocycles. The highest BCUT2D eigenvalue weighted by Crippen LogP contribution is 2.15. The van der Waals surface area contributed by atoms with Gasteiger partial charge >= 0.3 is 0 Å². The van der Waals surface area contributed by atoms with Crippen molar-refractivity contribution in [2.75, 3.05) is 13.1 Å². The summed E-state index contributed by atoms with van der Waals surface area (Å²) >= 11 is 0. The SMILES string of the molecule is O=[N+]([O-])c1ccc(OC2CNC2)nc1. The van der Waals surface area contributed by atoms with Crippen LogP contribution in [0.3, 0.4) is 0 Å². The fourth-order valence-electron chi connectivity index (χ4n) is 1.07. The molecule has 14 heavy (non-hydrogen) atoms. The summed E-state index contributed by atoms with van der Waals surface area (Å²) in [6.45, 7) is 1.61. The van der Waals surface area contributed by atoms with Gasteiger partial charge < -0.3 is 10.1 Å². The van der Waals surface area contributed by atoms with Crippen molar-refractivity contribution < 1.29 is 9.66 Å². The summed E-state index contributed by atoms with van der Waals surface area (Å²) in [5.41, 5.74) is -0.0240. The molecule has 0 spiro atoms. The Morgan fingerprint density at radius 3 is 2.79 bits per heavy atom. The van der Waals surface area contributed by atoms with Crippen LogP contribution in [0.5, 0.6) is 5.88 Å². The summed E-state index contributed by atoms with van der Waals surface area (Å²) in [7, 11) is 0. The monoisotopic (exact) mass is 195 g/mol. The van der Waals surface area contributed by atoms with Gasteiger partial charge in [0.05, 0.1) is 4.92 Å². The lowest BCUT2D eigenvalue weighted by atomic mass is 10.2. The molecular weight excluding hydrogens is 186 g/mol. The van der Waals surface area contributed by atoms with Gasteiger partial charge in [-0.25, -0.2) is 4.98 Å². The number of nitro groups is 1. The summed E-state index contributed by atoms with van der Waals surface area (Å²) in [5.74, 6) is 0.433. The number of aromatic nitrogens is 1. The van der Waals surface area contributed by atoms with E-state index in [1.54, 1.807) is 0 Å². The lowest BCUT2D eigenvalue weighted by Gasteiger charge is -2.26. The minimum atomic E-state index is -0.484. The van der Waals surface area contributed by atoms with Crippen LogP contribution in [0.4, 0.5) is 5.69 Å². The van der Waals surface area contributed by atoms with Crippen LogP contribution in [-0.4, -0.2) is 29.1 Å². The first-order valence-electron chi connectivity index (χ1n) is 4.23. The lowest BCUT2D eigenvalue weighted by molar-refractivity contribution is -0.385. The standard InChI is InChI=1S/C8H9N3O3/c12-11(13)6-1-2-8(10-3-6)14-7-4-9-5-7/h1-3,7,9H,4-5H2. The largest absolute Gasteiger partial charge is 0.472 e.